The van der Waals surface area contributed by atoms with Crippen LogP contribution in [-0.4, -0.2) is 142 Å². The lowest BCUT2D eigenvalue weighted by Crippen LogP contribution is -2.46. The molecule has 4 amide bonds. The Morgan fingerprint density at radius 1 is 0.646 bits per heavy atom. The first-order valence-electron chi connectivity index (χ1n) is 28.0. The maximum atomic E-state index is 13.5. The molecule has 2 aromatic carbocycles. The normalized spacial score (nSPS) is 21.9. The van der Waals surface area contributed by atoms with Crippen LogP contribution in [0.3, 0.4) is 0 Å². The van der Waals surface area contributed by atoms with Crippen LogP contribution in [0.2, 0.25) is 0 Å². The summed E-state index contributed by atoms with van der Waals surface area (Å²) in [4.78, 5) is 77.0. The van der Waals surface area contributed by atoms with Gasteiger partial charge in [0.1, 0.15) is 11.6 Å². The molecule has 4 atom stereocenters. The van der Waals surface area contributed by atoms with Crippen molar-refractivity contribution < 1.29 is 28.7 Å². The van der Waals surface area contributed by atoms with Gasteiger partial charge in [-0.2, -0.15) is 0 Å². The average molecular weight is 1230 g/mol. The number of amides is 4. The number of pyridine rings is 2. The van der Waals surface area contributed by atoms with Crippen LogP contribution in [0.1, 0.15) is 121 Å². The number of thiazole rings is 2. The monoisotopic (exact) mass is 1220 g/mol. The van der Waals surface area contributed by atoms with E-state index in [1.807, 2.05) is 0 Å². The van der Waals surface area contributed by atoms with Crippen LogP contribution in [0.4, 0.5) is 17.3 Å². The van der Waals surface area contributed by atoms with E-state index in [-0.39, 0.29) is 18.0 Å². The number of halogens is 1. The topological polar surface area (TPSA) is 241 Å². The number of rotatable bonds is 11. The van der Waals surface area contributed by atoms with E-state index in [0.717, 1.165) is 107 Å². The molecule has 21 heteroatoms. The van der Waals surface area contributed by atoms with Crippen molar-refractivity contribution in [3.63, 3.8) is 0 Å². The Labute approximate surface area is 483 Å². The third-order valence-corrected chi connectivity index (χ3v) is 19.0. The van der Waals surface area contributed by atoms with Gasteiger partial charge in [-0.05, 0) is 159 Å². The number of primary amides is 1. The van der Waals surface area contributed by atoms with Gasteiger partial charge in [-0.3, -0.25) is 19.2 Å². The number of nitrogen functional groups attached to an aromatic ring is 2. The Kier molecular flexibility index (Phi) is 18.7. The summed E-state index contributed by atoms with van der Waals surface area (Å²) in [5.41, 5.74) is 23.5. The van der Waals surface area contributed by atoms with Crippen molar-refractivity contribution in [3.05, 3.63) is 96.8 Å². The Balaban J connectivity index is 0.000000152. The first-order chi connectivity index (χ1) is 38.2. The molecular weight excluding hydrogens is 1150 g/mol. The highest BCUT2D eigenvalue weighted by Crippen LogP contribution is 2.38. The fraction of sp³-hybridized carbons (Fsp3) is 0.517. The van der Waals surface area contributed by atoms with Crippen molar-refractivity contribution in [2.75, 3.05) is 95.6 Å². The third-order valence-electron chi connectivity index (χ3n) is 16.2. The van der Waals surface area contributed by atoms with Gasteiger partial charge >= 0.3 is 23.6 Å². The highest BCUT2D eigenvalue weighted by atomic mass is 127. The smallest absolute Gasteiger partial charge is 0.313 e. The van der Waals surface area contributed by atoms with Crippen LogP contribution in [0.15, 0.2) is 60.9 Å². The Hall–Kier alpha value is -5.43. The molecule has 0 unspecified atom stereocenters. The Morgan fingerprint density at radius 2 is 1.11 bits per heavy atom. The number of hydrogen-bond acceptors (Lipinski definition) is 16. The highest BCUT2D eigenvalue weighted by Gasteiger charge is 2.36. The molecule has 12 rings (SSSR count). The molecule has 6 aliphatic rings. The Morgan fingerprint density at radius 3 is 1.58 bits per heavy atom. The molecule has 6 saturated heterocycles. The number of anilines is 3. The van der Waals surface area contributed by atoms with Crippen molar-refractivity contribution in [2.24, 2.45) is 17.6 Å². The van der Waals surface area contributed by atoms with Crippen LogP contribution < -0.4 is 22.5 Å². The molecule has 0 saturated carbocycles. The van der Waals surface area contributed by atoms with Crippen LogP contribution in [0, 0.1) is 15.4 Å². The Bertz CT molecular complexity index is 3140. The van der Waals surface area contributed by atoms with Crippen molar-refractivity contribution in [1.29, 1.82) is 0 Å². The van der Waals surface area contributed by atoms with Crippen LogP contribution in [0.25, 0.3) is 20.4 Å². The quantitative estimate of drug-likeness (QED) is 0.0709. The minimum atomic E-state index is -0.877. The van der Waals surface area contributed by atoms with Gasteiger partial charge in [-0.1, -0.05) is 26.0 Å². The molecular formula is C58H73IN12O6S2. The number of nitrogens with zero attached hydrogens (tertiary/aromatic N) is 8. The van der Waals surface area contributed by atoms with Gasteiger partial charge in [0.15, 0.2) is 0 Å². The predicted octanol–water partition coefficient (Wildman–Crippen LogP) is 8.07. The van der Waals surface area contributed by atoms with Gasteiger partial charge in [0.25, 0.3) is 0 Å². The summed E-state index contributed by atoms with van der Waals surface area (Å²) in [6, 6.07) is 16.2. The number of fused-ring (bicyclic) bond motifs is 2. The molecule has 6 aliphatic heterocycles. The van der Waals surface area contributed by atoms with Gasteiger partial charge in [0.05, 0.1) is 80.8 Å². The number of aromatic nitrogens is 4. The number of hydrogen-bond donors (Lipinski definition) is 4. The van der Waals surface area contributed by atoms with E-state index >= 15 is 0 Å². The number of piperidine rings is 2. The number of nitrogens with one attached hydrogen (secondary N) is 1. The zero-order valence-corrected chi connectivity index (χ0v) is 49.0. The van der Waals surface area contributed by atoms with E-state index in [9.17, 15) is 19.2 Å². The molecule has 0 spiro atoms. The fourth-order valence-corrected chi connectivity index (χ4v) is 13.9. The lowest BCUT2D eigenvalue weighted by Gasteiger charge is -2.38. The molecule has 0 aliphatic carbocycles. The number of carbonyl (C=O) groups excluding carboxylic acids is 4. The van der Waals surface area contributed by atoms with Crippen LogP contribution in [0.5, 0.6) is 0 Å². The molecule has 0 radical (unpaired) electrons. The molecule has 6 fully saturated rings. The van der Waals surface area contributed by atoms with Crippen LogP contribution in [-0.2, 0) is 41.5 Å². The minimum Gasteiger partial charge on any atom is -0.383 e. The minimum absolute atomic E-state index is 0.102. The maximum Gasteiger partial charge on any atom is 0.313 e. The van der Waals surface area contributed by atoms with Crippen molar-refractivity contribution in [2.45, 2.75) is 102 Å². The molecule has 6 aromatic rings. The second-order valence-corrected chi connectivity index (χ2v) is 25.7. The number of carbonyl (C=O) groups is 4. The second kappa shape index (κ2) is 26.0. The van der Waals surface area contributed by atoms with Gasteiger partial charge in [0.2, 0.25) is 0 Å². The molecule has 4 aromatic heterocycles. The van der Waals surface area contributed by atoms with E-state index in [1.54, 1.807) is 44.7 Å². The fourth-order valence-electron chi connectivity index (χ4n) is 11.5. The first kappa shape index (κ1) is 56.8. The van der Waals surface area contributed by atoms with Crippen molar-refractivity contribution in [1.82, 2.24) is 39.5 Å². The summed E-state index contributed by atoms with van der Waals surface area (Å²) in [6.45, 7) is 15.0. The van der Waals surface area contributed by atoms with Gasteiger partial charge < -0.3 is 51.6 Å². The molecule has 10 heterocycles. The lowest BCUT2D eigenvalue weighted by molar-refractivity contribution is -0.147. The lowest BCUT2D eigenvalue weighted by atomic mass is 9.89. The number of likely N-dealkylation sites (tertiary alicyclic amines) is 4. The zero-order chi connectivity index (χ0) is 55.2. The van der Waals surface area contributed by atoms with Crippen molar-refractivity contribution in [3.8, 4) is 0 Å². The number of benzene rings is 2. The molecule has 18 nitrogen and oxygen atoms in total. The first-order valence-corrected chi connectivity index (χ1v) is 30.7. The molecule has 420 valence electrons. The predicted molar refractivity (Wildman–Crippen MR) is 319 cm³/mol. The summed E-state index contributed by atoms with van der Waals surface area (Å²) >= 11 is 5.75. The maximum absolute atomic E-state index is 13.5. The average Bonchev–Trinajstić information content (AvgIpc) is 4.34. The van der Waals surface area contributed by atoms with Gasteiger partial charge in [-0.25, -0.2) is 19.9 Å². The SMILES string of the molecule is C[C@H]1CC[C@H](c2ccc3sc(CCN4CCCC4)nc3c2)N(C(=O)C(=O)Nc2cnc(N)c(C3COC3)c2)C1.C[C@H]1CC[C@H](c2ccc3sc(CCN4CCCC4)nc3c2)N(C(=O)C(N)=O)C1.Nc1ncc(I)cc1C1COC1. The highest BCUT2D eigenvalue weighted by molar-refractivity contribution is 14.1. The van der Waals surface area contributed by atoms with Crippen LogP contribution >= 0.6 is 45.3 Å². The number of nitrogens with two attached hydrogens (primary N) is 3. The van der Waals surface area contributed by atoms with E-state index in [4.69, 9.17) is 36.6 Å². The van der Waals surface area contributed by atoms with E-state index in [1.165, 1.54) is 72.5 Å². The molecule has 7 N–H and O–H groups in total. The molecule has 79 heavy (non-hydrogen) atoms. The summed E-state index contributed by atoms with van der Waals surface area (Å²) in [5, 5.41) is 5.09. The summed E-state index contributed by atoms with van der Waals surface area (Å²) in [6.07, 6.45) is 14.1. The molecule has 0 bridgehead atoms. The zero-order valence-electron chi connectivity index (χ0n) is 45.2. The summed E-state index contributed by atoms with van der Waals surface area (Å²) in [5.74, 6) is -0.249. The third kappa shape index (κ3) is 14.0. The van der Waals surface area contributed by atoms with Gasteiger partial charge in [0, 0.05) is 71.8 Å². The van der Waals surface area contributed by atoms with E-state index in [2.05, 4.69) is 104 Å². The van der Waals surface area contributed by atoms with Crippen molar-refractivity contribution >= 4 is 107 Å². The summed E-state index contributed by atoms with van der Waals surface area (Å²) in [7, 11) is 0. The summed E-state index contributed by atoms with van der Waals surface area (Å²) < 4.78 is 13.8. The number of ether oxygens (including phenoxy) is 2. The van der Waals surface area contributed by atoms with Gasteiger partial charge in [-0.15, -0.1) is 22.7 Å². The van der Waals surface area contributed by atoms with E-state index in [0.29, 0.717) is 61.4 Å². The largest absolute Gasteiger partial charge is 0.383 e. The second-order valence-electron chi connectivity index (χ2n) is 22.2. The van der Waals surface area contributed by atoms with E-state index < -0.39 is 23.6 Å². The standard InChI is InChI=1S/C29H36N6O3S.C21H28N4O2S.C8H9IN2O/c1-18-4-6-24(19-5-7-25-23(12-19)33-26(39-25)8-11-34-9-2-3-10-34)35(15-18)29(37)28(36)32-21-13-22(20-16-38-17-20)27(30)31-14-21;1-14-4-6-17(25(13-14)21(27)20(22)26)15-5-7-18-16(12-15)23-19(28-18)8-11-24-9-2-3-10-24;9-6-1-7(5-3-12-4-5)8(10)11-2-6/h5,7,12-14,18,20,24H,2-4,6,8-11,15-17H2,1H3,(H2,30,31)(H,32,36);5,7,12,14,17H,2-4,6,8-11,13H2,1H3,(H2,22,26);1-2,5H,3-4H2,(H2,10,11)/t18-,24+;14-,17+;/m00./s1.